The number of fused-ring (bicyclic) bond motifs is 1. The number of amides is 1. The van der Waals surface area contributed by atoms with E-state index in [1.165, 1.54) is 11.3 Å². The van der Waals surface area contributed by atoms with Crippen LogP contribution in [0.25, 0.3) is 0 Å². The number of carbonyl (C=O) groups is 2. The minimum atomic E-state index is -0.136. The van der Waals surface area contributed by atoms with E-state index in [2.05, 4.69) is 4.98 Å². The number of ketones is 1. The first kappa shape index (κ1) is 12.0. The Morgan fingerprint density at radius 1 is 1.32 bits per heavy atom. The molecule has 0 saturated heterocycles. The van der Waals surface area contributed by atoms with Gasteiger partial charge in [0.05, 0.1) is 11.2 Å². The minimum absolute atomic E-state index is 0.101. The van der Waals surface area contributed by atoms with Gasteiger partial charge in [-0.3, -0.25) is 9.59 Å². The van der Waals surface area contributed by atoms with Gasteiger partial charge < -0.3 is 4.90 Å². The monoisotopic (exact) mass is 272 g/mol. The number of rotatable bonds is 1. The van der Waals surface area contributed by atoms with Gasteiger partial charge in [-0.1, -0.05) is 12.1 Å². The van der Waals surface area contributed by atoms with E-state index in [1.807, 2.05) is 18.2 Å². The lowest BCUT2D eigenvalue weighted by molar-refractivity contribution is 0.0972. The van der Waals surface area contributed by atoms with Gasteiger partial charge in [0.1, 0.15) is 5.69 Å². The first-order valence-electron chi connectivity index (χ1n) is 6.09. The molecule has 0 radical (unpaired) electrons. The zero-order valence-electron chi connectivity index (χ0n) is 10.2. The molecule has 5 heteroatoms. The molecule has 2 aromatic rings. The number of hydrogen-bond acceptors (Lipinski definition) is 4. The number of benzene rings is 1. The van der Waals surface area contributed by atoms with Gasteiger partial charge in [-0.2, -0.15) is 0 Å². The Kier molecular flexibility index (Phi) is 3.13. The van der Waals surface area contributed by atoms with Crippen LogP contribution in [0.1, 0.15) is 33.7 Å². The third kappa shape index (κ3) is 2.17. The van der Waals surface area contributed by atoms with Crippen molar-refractivity contribution in [3.63, 3.8) is 0 Å². The van der Waals surface area contributed by atoms with Crippen LogP contribution in [0.5, 0.6) is 0 Å². The molecule has 0 unspecified atom stereocenters. The van der Waals surface area contributed by atoms with Crippen molar-refractivity contribution in [3.05, 3.63) is 46.4 Å². The van der Waals surface area contributed by atoms with Crippen LogP contribution in [-0.2, 0) is 0 Å². The predicted octanol–water partition coefficient (Wildman–Crippen LogP) is 2.77. The Labute approximate surface area is 114 Å². The number of para-hydroxylation sites is 1. The summed E-state index contributed by atoms with van der Waals surface area (Å²) in [6, 6.07) is 7.28. The highest BCUT2D eigenvalue weighted by Crippen LogP contribution is 2.27. The Bertz CT molecular complexity index is 622. The van der Waals surface area contributed by atoms with Gasteiger partial charge in [0, 0.05) is 23.9 Å². The van der Waals surface area contributed by atoms with Crippen LogP contribution in [0, 0.1) is 0 Å². The summed E-state index contributed by atoms with van der Waals surface area (Å²) < 4.78 is 0. The lowest BCUT2D eigenvalue weighted by Gasteiger charge is -2.21. The molecule has 2 heterocycles. The lowest BCUT2D eigenvalue weighted by Crippen LogP contribution is -2.32. The first-order chi connectivity index (χ1) is 9.27. The third-order valence-electron chi connectivity index (χ3n) is 3.18. The molecular weight excluding hydrogens is 260 g/mol. The van der Waals surface area contributed by atoms with E-state index >= 15 is 0 Å². The predicted molar refractivity (Wildman–Crippen MR) is 73.8 cm³/mol. The van der Waals surface area contributed by atoms with Crippen LogP contribution in [0.4, 0.5) is 5.69 Å². The number of aromatic nitrogens is 1. The fourth-order valence-corrected chi connectivity index (χ4v) is 2.79. The van der Waals surface area contributed by atoms with Gasteiger partial charge in [0.2, 0.25) is 0 Å². The zero-order chi connectivity index (χ0) is 13.2. The number of carbonyl (C=O) groups excluding carboxylic acids is 2. The largest absolute Gasteiger partial charge is 0.306 e. The van der Waals surface area contributed by atoms with Crippen molar-refractivity contribution >= 4 is 28.7 Å². The number of thiazole rings is 1. The normalized spacial score (nSPS) is 14.9. The van der Waals surface area contributed by atoms with Crippen molar-refractivity contribution in [2.45, 2.75) is 12.8 Å². The van der Waals surface area contributed by atoms with Gasteiger partial charge in [-0.05, 0) is 18.6 Å². The van der Waals surface area contributed by atoms with Crippen LogP contribution in [0.3, 0.4) is 0 Å². The van der Waals surface area contributed by atoms with Crippen LogP contribution in [0.2, 0.25) is 0 Å². The number of nitrogens with zero attached hydrogens (tertiary/aromatic N) is 2. The molecule has 1 aromatic heterocycles. The molecule has 3 rings (SSSR count). The van der Waals surface area contributed by atoms with E-state index in [9.17, 15) is 9.59 Å². The van der Waals surface area contributed by atoms with E-state index in [0.717, 1.165) is 0 Å². The zero-order valence-corrected chi connectivity index (χ0v) is 11.0. The van der Waals surface area contributed by atoms with Gasteiger partial charge >= 0.3 is 0 Å². The van der Waals surface area contributed by atoms with Crippen molar-refractivity contribution in [2.24, 2.45) is 0 Å². The Hall–Kier alpha value is -2.01. The topological polar surface area (TPSA) is 50.3 Å². The average molecular weight is 272 g/mol. The highest BCUT2D eigenvalue weighted by Gasteiger charge is 2.26. The summed E-state index contributed by atoms with van der Waals surface area (Å²) in [5.41, 5.74) is 3.41. The summed E-state index contributed by atoms with van der Waals surface area (Å²) in [7, 11) is 0. The quantitative estimate of drug-likeness (QED) is 0.802. The highest BCUT2D eigenvalue weighted by molar-refractivity contribution is 7.07. The molecule has 4 nitrogen and oxygen atoms in total. The smallest absolute Gasteiger partial charge is 0.277 e. The molecule has 1 aliphatic heterocycles. The lowest BCUT2D eigenvalue weighted by atomic mass is 10.1. The molecule has 96 valence electrons. The van der Waals surface area contributed by atoms with E-state index in [-0.39, 0.29) is 11.7 Å². The number of Topliss-reactive ketones (excluding diaryl/α,β-unsaturated/α-hetero) is 1. The van der Waals surface area contributed by atoms with Gasteiger partial charge in [-0.25, -0.2) is 4.98 Å². The summed E-state index contributed by atoms with van der Waals surface area (Å²) in [6.45, 7) is 0.555. The molecule has 0 saturated carbocycles. The molecule has 1 aromatic carbocycles. The van der Waals surface area contributed by atoms with E-state index < -0.39 is 0 Å². The van der Waals surface area contributed by atoms with Crippen molar-refractivity contribution < 1.29 is 9.59 Å². The summed E-state index contributed by atoms with van der Waals surface area (Å²) in [5, 5.41) is 1.73. The van der Waals surface area contributed by atoms with Gasteiger partial charge in [0.25, 0.3) is 5.91 Å². The average Bonchev–Trinajstić information content (AvgIpc) is 2.91. The fourth-order valence-electron chi connectivity index (χ4n) is 2.27. The molecule has 0 aliphatic carbocycles. The van der Waals surface area contributed by atoms with Crippen LogP contribution in [-0.4, -0.2) is 23.2 Å². The molecule has 0 N–H and O–H groups in total. The number of anilines is 1. The second-order valence-corrected chi connectivity index (χ2v) is 5.09. The van der Waals surface area contributed by atoms with Crippen LogP contribution < -0.4 is 4.90 Å². The molecule has 19 heavy (non-hydrogen) atoms. The Balaban J connectivity index is 2.04. The van der Waals surface area contributed by atoms with Crippen LogP contribution >= 0.6 is 11.3 Å². The Morgan fingerprint density at radius 2 is 2.16 bits per heavy atom. The second-order valence-electron chi connectivity index (χ2n) is 4.37. The molecule has 1 aliphatic rings. The fraction of sp³-hybridized carbons (Fsp3) is 0.214. The summed E-state index contributed by atoms with van der Waals surface area (Å²) in [6.07, 6.45) is 1.17. The third-order valence-corrected chi connectivity index (χ3v) is 3.76. The summed E-state index contributed by atoms with van der Waals surface area (Å²) in [5.74, 6) is -0.0347. The molecule has 0 spiro atoms. The molecule has 0 bridgehead atoms. The summed E-state index contributed by atoms with van der Waals surface area (Å²) in [4.78, 5) is 30.2. The molecule has 1 amide bonds. The summed E-state index contributed by atoms with van der Waals surface area (Å²) >= 11 is 1.39. The van der Waals surface area contributed by atoms with Crippen molar-refractivity contribution in [1.29, 1.82) is 0 Å². The van der Waals surface area contributed by atoms with Crippen molar-refractivity contribution in [1.82, 2.24) is 4.98 Å². The highest BCUT2D eigenvalue weighted by atomic mass is 32.1. The van der Waals surface area contributed by atoms with Crippen LogP contribution in [0.15, 0.2) is 35.2 Å². The molecule has 0 fully saturated rings. The van der Waals surface area contributed by atoms with Gasteiger partial charge in [0.15, 0.2) is 5.78 Å². The van der Waals surface area contributed by atoms with E-state index in [1.54, 1.807) is 21.9 Å². The maximum atomic E-state index is 12.4. The second kappa shape index (κ2) is 4.93. The van der Waals surface area contributed by atoms with E-state index in [0.29, 0.717) is 36.3 Å². The minimum Gasteiger partial charge on any atom is -0.306 e. The standard InChI is InChI=1S/C14H12N2O2S/c17-13-6-3-7-16(12-5-2-1-4-10(12)13)14(18)11-8-19-9-15-11/h1-2,4-5,8-9H,3,6-7H2. The Morgan fingerprint density at radius 3 is 2.95 bits per heavy atom. The van der Waals surface area contributed by atoms with Crippen molar-refractivity contribution in [2.75, 3.05) is 11.4 Å². The molecular formula is C14H12N2O2S. The van der Waals surface area contributed by atoms with Gasteiger partial charge in [-0.15, -0.1) is 11.3 Å². The number of hydrogen-bond donors (Lipinski definition) is 0. The SMILES string of the molecule is O=C1CCCN(C(=O)c2cscn2)c2ccccc21. The maximum Gasteiger partial charge on any atom is 0.277 e. The van der Waals surface area contributed by atoms with E-state index in [4.69, 9.17) is 0 Å². The van der Waals surface area contributed by atoms with Crippen molar-refractivity contribution in [3.8, 4) is 0 Å². The maximum absolute atomic E-state index is 12.4. The first-order valence-corrected chi connectivity index (χ1v) is 7.04. The molecule has 0 atom stereocenters.